The largest absolute Gasteiger partial charge is 0.310 e. The maximum absolute atomic E-state index is 5.77. The molecule has 0 radical (unpaired) electrons. The minimum absolute atomic E-state index is 0.758. The molecule has 0 aliphatic rings. The predicted molar refractivity (Wildman–Crippen MR) is 378 cm³/mol. The molecule has 0 spiro atoms. The average molecular weight is 1180 g/mol. The standard InChI is InChI=1S/C82H52N10/c1-4-22-53(23-5-1)54-42-44-58(45-43-54)87(56-25-6-2-7-26-56)60-46-48-75-66(51-60)63-30-12-17-39-73(63)90(75)82-86-71-37-21-33-62(78(71)80-84-70-36-15-19-41-77(70)92(80)82)55-24-20-29-59(50-55)88(57-27-8-3-9-28-57)61-47-49-74-67(52-61)64-31-11-16-38-72(64)89(74)81-85-68-34-13-10-32-65(68)79-83-69-35-14-18-40-76(69)91(79)81/h1-52H. The summed E-state index contributed by atoms with van der Waals surface area (Å²) in [5.74, 6) is 1.54. The van der Waals surface area contributed by atoms with Gasteiger partial charge in [0.05, 0.1) is 60.6 Å². The SMILES string of the molecule is c1ccc(-c2ccc(N(c3ccccc3)c3ccc4c(c3)c3ccccc3n4-c3nc4cccc(-c5cccc(N(c6ccccc6)c6ccc7c(c6)c6ccccc6n7-c6nc7ccccc7c7nc8ccccc8n67)c5)c4c4nc5ccccc5n34)cc2)cc1. The van der Waals surface area contributed by atoms with Gasteiger partial charge in [0, 0.05) is 61.1 Å². The highest BCUT2D eigenvalue weighted by Crippen LogP contribution is 2.45. The van der Waals surface area contributed by atoms with Crippen LogP contribution in [0.2, 0.25) is 0 Å². The van der Waals surface area contributed by atoms with Crippen LogP contribution in [0, 0.1) is 0 Å². The van der Waals surface area contributed by atoms with Gasteiger partial charge in [0.2, 0.25) is 11.9 Å². The minimum Gasteiger partial charge on any atom is -0.310 e. The van der Waals surface area contributed by atoms with Crippen molar-refractivity contribution in [2.45, 2.75) is 0 Å². The molecule has 13 aromatic carbocycles. The van der Waals surface area contributed by atoms with Gasteiger partial charge in [-0.05, 0) is 162 Å². The van der Waals surface area contributed by atoms with Gasteiger partial charge < -0.3 is 9.80 Å². The molecule has 19 aromatic rings. The Hall–Kier alpha value is -12.7. The van der Waals surface area contributed by atoms with E-state index in [-0.39, 0.29) is 0 Å². The van der Waals surface area contributed by atoms with Crippen molar-refractivity contribution in [1.82, 2.24) is 37.9 Å². The smallest absolute Gasteiger partial charge is 0.221 e. The zero-order valence-electron chi connectivity index (χ0n) is 49.5. The molecule has 0 aliphatic heterocycles. The highest BCUT2D eigenvalue weighted by molar-refractivity contribution is 6.13. The molecule has 0 bridgehead atoms. The molecule has 0 unspecified atom stereocenters. The van der Waals surface area contributed by atoms with Crippen LogP contribution in [0.3, 0.4) is 0 Å². The van der Waals surface area contributed by atoms with E-state index in [4.69, 9.17) is 19.9 Å². The van der Waals surface area contributed by atoms with Crippen molar-refractivity contribution in [3.8, 4) is 34.2 Å². The third-order valence-electron chi connectivity index (χ3n) is 18.3. The van der Waals surface area contributed by atoms with Gasteiger partial charge in [-0.2, -0.15) is 0 Å². The van der Waals surface area contributed by atoms with Crippen LogP contribution in [0.15, 0.2) is 315 Å². The monoisotopic (exact) mass is 1180 g/mol. The number of para-hydroxylation sites is 9. The lowest BCUT2D eigenvalue weighted by Crippen LogP contribution is -2.10. The Bertz CT molecular complexity index is 6140. The molecular weight excluding hydrogens is 1120 g/mol. The highest BCUT2D eigenvalue weighted by Gasteiger charge is 2.26. The van der Waals surface area contributed by atoms with Crippen LogP contribution in [0.1, 0.15) is 0 Å². The van der Waals surface area contributed by atoms with E-state index < -0.39 is 0 Å². The maximum atomic E-state index is 5.77. The Morgan fingerprint density at radius 3 is 1.23 bits per heavy atom. The van der Waals surface area contributed by atoms with Crippen molar-refractivity contribution in [3.63, 3.8) is 0 Å². The molecule has 0 saturated carbocycles. The van der Waals surface area contributed by atoms with Crippen LogP contribution in [-0.2, 0) is 0 Å². The molecule has 430 valence electrons. The van der Waals surface area contributed by atoms with Crippen molar-refractivity contribution >= 4 is 133 Å². The summed E-state index contributed by atoms with van der Waals surface area (Å²) in [6, 6.07) is 112. The fourth-order valence-electron chi connectivity index (χ4n) is 14.2. The molecule has 0 fully saturated rings. The van der Waals surface area contributed by atoms with Crippen LogP contribution < -0.4 is 9.80 Å². The number of anilines is 6. The lowest BCUT2D eigenvalue weighted by Gasteiger charge is -2.26. The zero-order chi connectivity index (χ0) is 60.4. The van der Waals surface area contributed by atoms with E-state index in [0.717, 1.165) is 156 Å². The summed E-state index contributed by atoms with van der Waals surface area (Å²) >= 11 is 0. The van der Waals surface area contributed by atoms with Gasteiger partial charge in [-0.15, -0.1) is 0 Å². The Morgan fingerprint density at radius 2 is 0.620 bits per heavy atom. The summed E-state index contributed by atoms with van der Waals surface area (Å²) in [5, 5.41) is 6.44. The molecule has 0 amide bonds. The topological polar surface area (TPSA) is 76.7 Å². The first-order chi connectivity index (χ1) is 45.6. The van der Waals surface area contributed by atoms with E-state index >= 15 is 0 Å². The van der Waals surface area contributed by atoms with Crippen LogP contribution >= 0.6 is 0 Å². The van der Waals surface area contributed by atoms with E-state index in [0.29, 0.717) is 0 Å². The van der Waals surface area contributed by atoms with E-state index in [1.54, 1.807) is 0 Å². The molecule has 10 heteroatoms. The molecule has 0 aliphatic carbocycles. The normalized spacial score (nSPS) is 11.9. The molecule has 6 aromatic heterocycles. The molecule has 19 rings (SSSR count). The molecular formula is C82H52N10. The summed E-state index contributed by atoms with van der Waals surface area (Å²) in [5.41, 5.74) is 22.1. The van der Waals surface area contributed by atoms with Crippen LogP contribution in [-0.4, -0.2) is 37.9 Å². The third-order valence-corrected chi connectivity index (χ3v) is 18.3. The van der Waals surface area contributed by atoms with Crippen LogP contribution in [0.5, 0.6) is 0 Å². The van der Waals surface area contributed by atoms with Gasteiger partial charge in [0.1, 0.15) is 5.65 Å². The second-order valence-electron chi connectivity index (χ2n) is 23.5. The highest BCUT2D eigenvalue weighted by atomic mass is 15.2. The Labute approximate surface area is 527 Å². The molecule has 10 nitrogen and oxygen atoms in total. The molecule has 0 saturated heterocycles. The number of hydrogen-bond acceptors (Lipinski definition) is 6. The number of benzene rings is 13. The number of rotatable bonds is 10. The number of aromatic nitrogens is 8. The van der Waals surface area contributed by atoms with Gasteiger partial charge in [-0.1, -0.05) is 176 Å². The van der Waals surface area contributed by atoms with Crippen LogP contribution in [0.25, 0.3) is 133 Å². The van der Waals surface area contributed by atoms with Crippen molar-refractivity contribution in [2.24, 2.45) is 0 Å². The van der Waals surface area contributed by atoms with Gasteiger partial charge in [0.15, 0.2) is 5.65 Å². The van der Waals surface area contributed by atoms with Gasteiger partial charge >= 0.3 is 0 Å². The quantitative estimate of drug-likeness (QED) is 0.136. The minimum atomic E-state index is 0.758. The van der Waals surface area contributed by atoms with E-state index in [1.807, 2.05) is 12.1 Å². The lowest BCUT2D eigenvalue weighted by atomic mass is 10.00. The number of hydrogen-bond donors (Lipinski definition) is 0. The Kier molecular flexibility index (Phi) is 11.4. The number of fused-ring (bicyclic) bond motifs is 16. The third kappa shape index (κ3) is 7.93. The first kappa shape index (κ1) is 51.4. The van der Waals surface area contributed by atoms with E-state index in [2.05, 4.69) is 331 Å². The van der Waals surface area contributed by atoms with Crippen LogP contribution in [0.4, 0.5) is 34.1 Å². The lowest BCUT2D eigenvalue weighted by molar-refractivity contribution is 0.979. The van der Waals surface area contributed by atoms with E-state index in [1.165, 1.54) is 11.1 Å². The van der Waals surface area contributed by atoms with Crippen molar-refractivity contribution < 1.29 is 0 Å². The zero-order valence-corrected chi connectivity index (χ0v) is 49.5. The van der Waals surface area contributed by atoms with Crippen molar-refractivity contribution in [1.29, 1.82) is 0 Å². The van der Waals surface area contributed by atoms with Crippen molar-refractivity contribution in [3.05, 3.63) is 315 Å². The summed E-state index contributed by atoms with van der Waals surface area (Å²) in [6.07, 6.45) is 0. The Balaban J connectivity index is 0.766. The van der Waals surface area contributed by atoms with Gasteiger partial charge in [-0.3, -0.25) is 17.9 Å². The maximum Gasteiger partial charge on any atom is 0.221 e. The van der Waals surface area contributed by atoms with E-state index in [9.17, 15) is 0 Å². The predicted octanol–water partition coefficient (Wildman–Crippen LogP) is 20.9. The first-order valence-corrected chi connectivity index (χ1v) is 31.0. The summed E-state index contributed by atoms with van der Waals surface area (Å²) in [4.78, 5) is 26.7. The number of imidazole rings is 2. The molecule has 0 atom stereocenters. The summed E-state index contributed by atoms with van der Waals surface area (Å²) in [6.45, 7) is 0. The van der Waals surface area contributed by atoms with Gasteiger partial charge in [-0.25, -0.2) is 19.9 Å². The summed E-state index contributed by atoms with van der Waals surface area (Å²) < 4.78 is 9.12. The fourth-order valence-corrected chi connectivity index (χ4v) is 14.2. The molecule has 6 heterocycles. The Morgan fingerprint density at radius 1 is 0.228 bits per heavy atom. The fraction of sp³-hybridized carbons (Fsp3) is 0. The second kappa shape index (κ2) is 20.5. The van der Waals surface area contributed by atoms with Crippen molar-refractivity contribution in [2.75, 3.05) is 9.80 Å². The average Bonchev–Trinajstić information content (AvgIpc) is 1.68. The molecule has 92 heavy (non-hydrogen) atoms. The first-order valence-electron chi connectivity index (χ1n) is 31.0. The second-order valence-corrected chi connectivity index (χ2v) is 23.5. The molecule has 0 N–H and O–H groups in total. The number of nitrogens with zero attached hydrogens (tertiary/aromatic N) is 10. The van der Waals surface area contributed by atoms with Gasteiger partial charge in [0.25, 0.3) is 0 Å². The summed E-state index contributed by atoms with van der Waals surface area (Å²) in [7, 11) is 0.